The van der Waals surface area contributed by atoms with Crippen LogP contribution < -0.4 is 0 Å². The summed E-state index contributed by atoms with van der Waals surface area (Å²) in [6.45, 7) is 6.43. The molecule has 0 saturated carbocycles. The average Bonchev–Trinajstić information content (AvgIpc) is 2.14. The Morgan fingerprint density at radius 1 is 1.71 bits per heavy atom. The fourth-order valence-corrected chi connectivity index (χ4v) is 0.321. The second-order valence-electron chi connectivity index (χ2n) is 1.09. The molecule has 0 bridgehead atoms. The average molecular weight is 93.1 g/mol. The summed E-state index contributed by atoms with van der Waals surface area (Å²) in [6.07, 6.45) is 2.89. The fraction of sp³-hybridized carbons (Fsp3) is 0. The van der Waals surface area contributed by atoms with E-state index in [1.165, 1.54) is 12.5 Å². The Morgan fingerprint density at radius 3 is 2.86 bits per heavy atom. The highest BCUT2D eigenvalue weighted by molar-refractivity contribution is 5.39. The van der Waals surface area contributed by atoms with E-state index in [1.807, 2.05) is 0 Å². The van der Waals surface area contributed by atoms with Gasteiger partial charge in [-0.3, -0.25) is 0 Å². The molecule has 2 heteroatoms. The summed E-state index contributed by atoms with van der Waals surface area (Å²) in [7, 11) is 0. The Labute approximate surface area is 41.2 Å². The molecule has 0 N–H and O–H groups in total. The summed E-state index contributed by atoms with van der Waals surface area (Å²) in [5, 5.41) is 0. The zero-order valence-corrected chi connectivity index (χ0v) is 3.59. The quantitative estimate of drug-likeness (QED) is 0.447. The van der Waals surface area contributed by atoms with Gasteiger partial charge in [-0.05, 0) is 6.07 Å². The molecule has 7 heavy (non-hydrogen) atoms. The highest BCUT2D eigenvalue weighted by Crippen LogP contribution is 2.09. The highest BCUT2D eigenvalue weighted by atomic mass is 16.3. The van der Waals surface area contributed by atoms with E-state index in [-0.39, 0.29) is 0 Å². The molecule has 0 aliphatic carbocycles. The van der Waals surface area contributed by atoms with Gasteiger partial charge >= 0.3 is 0 Å². The zero-order chi connectivity index (χ0) is 5.11. The molecule has 0 radical (unpaired) electrons. The van der Waals surface area contributed by atoms with Crippen molar-refractivity contribution in [2.75, 3.05) is 0 Å². The third-order valence-corrected chi connectivity index (χ3v) is 0.635. The van der Waals surface area contributed by atoms with Gasteiger partial charge in [-0.25, -0.2) is 4.85 Å². The Kier molecular flexibility index (Phi) is 0.833. The van der Waals surface area contributed by atoms with Crippen molar-refractivity contribution >= 4 is 5.69 Å². The molecule has 0 fully saturated rings. The van der Waals surface area contributed by atoms with E-state index in [2.05, 4.69) is 9.26 Å². The molecule has 1 aromatic rings. The lowest BCUT2D eigenvalue weighted by Crippen LogP contribution is -1.35. The second kappa shape index (κ2) is 1.48. The van der Waals surface area contributed by atoms with Gasteiger partial charge in [0.1, 0.15) is 0 Å². The standard InChI is InChI=1S/C5H3NO/c1-6-5-2-3-7-4-5/h2-4H. The highest BCUT2D eigenvalue weighted by Gasteiger charge is 1.84. The van der Waals surface area contributed by atoms with Gasteiger partial charge < -0.3 is 4.42 Å². The van der Waals surface area contributed by atoms with E-state index in [0.717, 1.165) is 0 Å². The molecule has 0 aliphatic rings. The lowest BCUT2D eigenvalue weighted by molar-refractivity contribution is 0.568. The van der Waals surface area contributed by atoms with E-state index in [9.17, 15) is 0 Å². The van der Waals surface area contributed by atoms with Crippen molar-refractivity contribution < 1.29 is 4.42 Å². The van der Waals surface area contributed by atoms with Crippen LogP contribution in [0.1, 0.15) is 0 Å². The van der Waals surface area contributed by atoms with E-state index in [1.54, 1.807) is 6.07 Å². The molecule has 0 aromatic carbocycles. The monoisotopic (exact) mass is 93.0 g/mol. The minimum atomic E-state index is 0.556. The smallest absolute Gasteiger partial charge is 0.224 e. The van der Waals surface area contributed by atoms with Gasteiger partial charge in [-0.15, -0.1) is 0 Å². The van der Waals surface area contributed by atoms with Gasteiger partial charge in [0, 0.05) is 0 Å². The Bertz CT molecular complexity index is 170. The first-order chi connectivity index (χ1) is 3.43. The summed E-state index contributed by atoms with van der Waals surface area (Å²) < 4.78 is 4.59. The lowest BCUT2D eigenvalue weighted by Gasteiger charge is -1.62. The summed E-state index contributed by atoms with van der Waals surface area (Å²) in [6, 6.07) is 1.62. The first-order valence-electron chi connectivity index (χ1n) is 1.83. The van der Waals surface area contributed by atoms with Crippen molar-refractivity contribution in [2.45, 2.75) is 0 Å². The van der Waals surface area contributed by atoms with Crippen LogP contribution in [0.15, 0.2) is 23.0 Å². The molecule has 0 spiro atoms. The second-order valence-corrected chi connectivity index (χ2v) is 1.09. The summed E-state index contributed by atoms with van der Waals surface area (Å²) in [5.74, 6) is 0. The topological polar surface area (TPSA) is 17.5 Å². The van der Waals surface area contributed by atoms with E-state index >= 15 is 0 Å². The predicted octanol–water partition coefficient (Wildman–Crippen LogP) is 1.83. The minimum absolute atomic E-state index is 0.556. The first-order valence-corrected chi connectivity index (χ1v) is 1.83. The SMILES string of the molecule is [C-]#[N+]c1ccoc1. The fourth-order valence-electron chi connectivity index (χ4n) is 0.321. The van der Waals surface area contributed by atoms with Crippen molar-refractivity contribution in [1.29, 1.82) is 0 Å². The molecule has 1 aromatic heterocycles. The molecule has 1 rings (SSSR count). The maximum Gasteiger partial charge on any atom is 0.224 e. The molecular formula is C5H3NO. The molecule has 1 heterocycles. The van der Waals surface area contributed by atoms with E-state index in [0.29, 0.717) is 5.69 Å². The van der Waals surface area contributed by atoms with Crippen molar-refractivity contribution in [3.8, 4) is 0 Å². The van der Waals surface area contributed by atoms with E-state index < -0.39 is 0 Å². The maximum atomic E-state index is 6.43. The zero-order valence-electron chi connectivity index (χ0n) is 3.59. The molecule has 0 saturated heterocycles. The van der Waals surface area contributed by atoms with Crippen LogP contribution in [-0.2, 0) is 0 Å². The molecule has 2 nitrogen and oxygen atoms in total. The van der Waals surface area contributed by atoms with Crippen LogP contribution in [0.2, 0.25) is 0 Å². The van der Waals surface area contributed by atoms with Crippen molar-refractivity contribution in [2.24, 2.45) is 0 Å². The molecule has 0 unspecified atom stereocenters. The number of nitrogens with zero attached hydrogens (tertiary/aromatic N) is 1. The molecule has 34 valence electrons. The van der Waals surface area contributed by atoms with Crippen LogP contribution in [-0.4, -0.2) is 0 Å². The van der Waals surface area contributed by atoms with Crippen LogP contribution in [0, 0.1) is 6.57 Å². The molecular weight excluding hydrogens is 90.1 g/mol. The van der Waals surface area contributed by atoms with Crippen molar-refractivity contribution in [3.05, 3.63) is 30.0 Å². The van der Waals surface area contributed by atoms with Crippen molar-refractivity contribution in [3.63, 3.8) is 0 Å². The van der Waals surface area contributed by atoms with Crippen LogP contribution in [0.25, 0.3) is 4.85 Å². The third kappa shape index (κ3) is 0.606. The molecule has 0 atom stereocenters. The summed E-state index contributed by atoms with van der Waals surface area (Å²) >= 11 is 0. The number of hydrogen-bond donors (Lipinski definition) is 0. The van der Waals surface area contributed by atoms with Crippen molar-refractivity contribution in [1.82, 2.24) is 0 Å². The maximum absolute atomic E-state index is 6.43. The van der Waals surface area contributed by atoms with Crippen LogP contribution in [0.4, 0.5) is 5.69 Å². The van der Waals surface area contributed by atoms with Gasteiger partial charge in [-0.2, -0.15) is 0 Å². The predicted molar refractivity (Wildman–Crippen MR) is 25.0 cm³/mol. The Morgan fingerprint density at radius 2 is 2.57 bits per heavy atom. The van der Waals surface area contributed by atoms with Crippen LogP contribution >= 0.6 is 0 Å². The Hall–Kier alpha value is -1.23. The number of furan rings is 1. The summed E-state index contributed by atoms with van der Waals surface area (Å²) in [4.78, 5) is 3.09. The first kappa shape index (κ1) is 3.94. The van der Waals surface area contributed by atoms with Gasteiger partial charge in [-0.1, -0.05) is 0 Å². The van der Waals surface area contributed by atoms with Gasteiger partial charge in [0.05, 0.1) is 19.1 Å². The third-order valence-electron chi connectivity index (χ3n) is 0.635. The molecule has 0 aliphatic heterocycles. The number of rotatable bonds is 0. The van der Waals surface area contributed by atoms with Gasteiger partial charge in [0.15, 0.2) is 0 Å². The normalized spacial score (nSPS) is 7.86. The summed E-state index contributed by atoms with van der Waals surface area (Å²) in [5.41, 5.74) is 0.556. The lowest BCUT2D eigenvalue weighted by atomic mass is 10.6. The largest absolute Gasteiger partial charge is 0.485 e. The van der Waals surface area contributed by atoms with Gasteiger partial charge in [0.2, 0.25) is 5.69 Å². The van der Waals surface area contributed by atoms with Gasteiger partial charge in [0.25, 0.3) is 0 Å². The number of hydrogen-bond acceptors (Lipinski definition) is 1. The Balaban J connectivity index is 3.04. The van der Waals surface area contributed by atoms with E-state index in [4.69, 9.17) is 6.57 Å². The van der Waals surface area contributed by atoms with Crippen LogP contribution in [0.3, 0.4) is 0 Å². The minimum Gasteiger partial charge on any atom is -0.485 e. The van der Waals surface area contributed by atoms with Crippen LogP contribution in [0.5, 0.6) is 0 Å². The molecule has 0 amide bonds.